The SMILES string of the molecule is CC1=C2[C@@H](OP(P(P)P)P(PP)P(P)P)C(=O)[C@]3(C)[C@@H](OP(P(P)P)P(P)P)C[C@H](OS(C)(=O)=O)[C@@](O)(CO)[C@H]3[C@H](OPP)C(C[C@@H]1OP(P(P)P(P)P)P(P(P)P)P(P)P)C2(C)C. The summed E-state index contributed by atoms with van der Waals surface area (Å²) in [6, 6.07) is 0. The molecule has 3 aliphatic rings. The van der Waals surface area contributed by atoms with Crippen molar-refractivity contribution in [1.82, 2.24) is 0 Å². The van der Waals surface area contributed by atoms with Crippen LogP contribution in [-0.2, 0) is 37.2 Å². The third-order valence-corrected chi connectivity index (χ3v) is 153. The van der Waals surface area contributed by atoms with Crippen LogP contribution in [0.4, 0.5) is 0 Å². The number of aliphatic hydroxyl groups is 2. The predicted molar refractivity (Wildman–Crippen MR) is 379 cm³/mol. The molecule has 3 aliphatic carbocycles. The fourth-order valence-corrected chi connectivity index (χ4v) is 205. The zero-order valence-corrected chi connectivity index (χ0v) is 69.4. The van der Waals surface area contributed by atoms with E-state index >= 15 is 4.79 Å². The van der Waals surface area contributed by atoms with Gasteiger partial charge in [-0.2, -0.15) is 8.42 Å². The molecule has 2 fully saturated rings. The molecule has 0 saturated heterocycles. The monoisotopic (exact) mass is 1500 g/mol. The van der Waals surface area contributed by atoms with E-state index in [1.165, 1.54) is 0 Å². The highest BCUT2D eigenvalue weighted by atomic mass is 33.2. The maximum atomic E-state index is 16.8. The molecule has 43 heteroatoms. The van der Waals surface area contributed by atoms with Crippen molar-refractivity contribution in [2.75, 3.05) is 12.9 Å². The Morgan fingerprint density at radius 2 is 1.27 bits per heavy atom. The lowest BCUT2D eigenvalue weighted by atomic mass is 9.47. The van der Waals surface area contributed by atoms with Gasteiger partial charge in [0.05, 0.1) is 59.2 Å². The van der Waals surface area contributed by atoms with Crippen molar-refractivity contribution in [3.05, 3.63) is 11.1 Å². The quantitative estimate of drug-likeness (QED) is 0.0612. The molecule has 0 aromatic rings. The van der Waals surface area contributed by atoms with Crippen LogP contribution >= 0.6 is 261 Å². The topological polar surface area (TPSA) is 138 Å². The molecule has 0 aromatic carbocycles. The second-order valence-electron chi connectivity index (χ2n) is 15.3. The Hall–Kier alpha value is 12.8. The molecular weight excluding hydrogens is 1440 g/mol. The molecule has 2 N–H and O–H groups in total. The second kappa shape index (κ2) is 31.7. The van der Waals surface area contributed by atoms with Gasteiger partial charge in [0.1, 0.15) is 17.8 Å². The van der Waals surface area contributed by atoms with Crippen LogP contribution in [0.5, 0.6) is 0 Å². The van der Waals surface area contributed by atoms with E-state index in [1.807, 2.05) is 6.92 Å². The van der Waals surface area contributed by atoms with Crippen LogP contribution in [0.15, 0.2) is 11.1 Å². The molecule has 0 spiro atoms. The van der Waals surface area contributed by atoms with Crippen LogP contribution in [0.25, 0.3) is 0 Å². The van der Waals surface area contributed by atoms with Gasteiger partial charge in [-0.3, -0.25) is 8.98 Å². The number of carbonyl (C=O) groups excluding carboxylic acids is 1. The van der Waals surface area contributed by atoms with E-state index in [9.17, 15) is 18.6 Å². The lowest BCUT2D eigenvalue weighted by Crippen LogP contribution is -2.74. The fraction of sp³-hybridized carbons (Fsp3) is 0.857. The van der Waals surface area contributed by atoms with Crippen molar-refractivity contribution in [1.29, 1.82) is 0 Å². The van der Waals surface area contributed by atoms with Gasteiger partial charge in [-0.05, 0) is 91.7 Å². The van der Waals surface area contributed by atoms with Crippen molar-refractivity contribution in [2.45, 2.75) is 76.7 Å². The third kappa shape index (κ3) is 17.7. The van der Waals surface area contributed by atoms with Crippen LogP contribution in [0, 0.1) is 22.7 Å². The Labute approximate surface area is 441 Å². The minimum Gasteiger partial charge on any atom is -0.393 e. The minimum atomic E-state index is -4.18. The molecule has 24 unspecified atom stereocenters. The lowest BCUT2D eigenvalue weighted by Gasteiger charge is -2.63. The molecule has 2 bridgehead atoms. The van der Waals surface area contributed by atoms with Crippen LogP contribution < -0.4 is 0 Å². The Bertz CT molecular complexity index is 1680. The first-order valence-electron chi connectivity index (χ1n) is 18.0. The van der Waals surface area contributed by atoms with E-state index in [0.29, 0.717) is 14.4 Å². The Kier molecular flexibility index (Phi) is 35.2. The van der Waals surface area contributed by atoms with Crippen LogP contribution in [-0.4, -0.2) is 73.4 Å². The molecule has 0 heterocycles. The zero-order chi connectivity index (χ0) is 49.4. The number of hydrogen-bond donors (Lipinski definition) is 2. The number of carbonyl (C=O) groups is 1. The van der Waals surface area contributed by atoms with Crippen LogP contribution in [0.3, 0.4) is 0 Å². The van der Waals surface area contributed by atoms with Gasteiger partial charge < -0.3 is 28.3 Å². The number of fused-ring (bicyclic) bond motifs is 3. The Morgan fingerprint density at radius 1 is 0.734 bits per heavy atom. The number of rotatable bonds is 22. The van der Waals surface area contributed by atoms with Crippen molar-refractivity contribution < 1.29 is 45.7 Å². The molecule has 32 atom stereocenters. The van der Waals surface area contributed by atoms with E-state index in [2.05, 4.69) is 173 Å². The van der Waals surface area contributed by atoms with Crippen molar-refractivity contribution in [3.63, 3.8) is 0 Å². The van der Waals surface area contributed by atoms with Gasteiger partial charge in [0.2, 0.25) is 0 Å². The lowest BCUT2D eigenvalue weighted by molar-refractivity contribution is -0.245. The third-order valence-electron chi connectivity index (χ3n) is 11.1. The average Bonchev–Trinajstić information content (AvgIpc) is 3.15. The molecule has 3 rings (SSSR count). The van der Waals surface area contributed by atoms with Gasteiger partial charge in [-0.15, -0.1) is 134 Å². The smallest absolute Gasteiger partial charge is 0.264 e. The molecule has 0 aliphatic heterocycles. The van der Waals surface area contributed by atoms with Gasteiger partial charge in [0.15, 0.2) is 5.78 Å². The highest BCUT2D eigenvalue weighted by Crippen LogP contribution is 3.18. The first-order valence-corrected chi connectivity index (χ1v) is 74.7. The summed E-state index contributed by atoms with van der Waals surface area (Å²) in [5, 5.41) is 25.0. The summed E-state index contributed by atoms with van der Waals surface area (Å²) >= 11 is 0. The van der Waals surface area contributed by atoms with E-state index in [0.717, 1.165) is 17.4 Å². The largest absolute Gasteiger partial charge is 0.393 e. The summed E-state index contributed by atoms with van der Waals surface area (Å²) in [5.74, 6) is -1.85. The summed E-state index contributed by atoms with van der Waals surface area (Å²) in [4.78, 5) is 16.8. The highest BCUT2D eigenvalue weighted by Gasteiger charge is 2.72. The summed E-state index contributed by atoms with van der Waals surface area (Å²) in [5.41, 5.74) is -2.69. The molecule has 10 nitrogen and oxygen atoms in total. The molecular formula is C21H66O10P32S. The van der Waals surface area contributed by atoms with E-state index in [1.54, 1.807) is 0 Å². The second-order valence-corrected chi connectivity index (χ2v) is 125. The number of ketones is 1. The van der Waals surface area contributed by atoms with Crippen molar-refractivity contribution >= 4 is 277 Å². The van der Waals surface area contributed by atoms with Crippen LogP contribution in [0.1, 0.15) is 40.5 Å². The summed E-state index contributed by atoms with van der Waals surface area (Å²) in [6.45, 7) is 1.04. The average molecular weight is 1500 g/mol. The Balaban J connectivity index is 2.67. The van der Waals surface area contributed by atoms with Gasteiger partial charge in [-0.25, -0.2) is 0 Å². The van der Waals surface area contributed by atoms with Gasteiger partial charge in [-0.1, -0.05) is 39.7 Å². The number of aliphatic hydroxyl groups excluding tert-OH is 1. The zero-order valence-electron chi connectivity index (χ0n) is 35.4. The maximum Gasteiger partial charge on any atom is 0.264 e. The van der Waals surface area contributed by atoms with E-state index < -0.39 is 168 Å². The molecule has 2 saturated carbocycles. The normalized spacial score (nSPS) is 32.8. The highest BCUT2D eigenvalue weighted by molar-refractivity contribution is 9.19. The minimum absolute atomic E-state index is 0.150. The van der Waals surface area contributed by atoms with E-state index in [4.69, 9.17) is 22.3 Å². The van der Waals surface area contributed by atoms with E-state index in [-0.39, 0.29) is 20.7 Å². The van der Waals surface area contributed by atoms with Crippen LogP contribution in [0.2, 0.25) is 0 Å². The van der Waals surface area contributed by atoms with Crippen molar-refractivity contribution in [3.8, 4) is 0 Å². The number of Topliss-reactive ketones (excluding diaryl/α,β-unsaturated/α-hetero) is 1. The molecule has 64 heavy (non-hydrogen) atoms. The number of hydrogen-bond acceptors (Lipinski definition) is 10. The van der Waals surface area contributed by atoms with Crippen molar-refractivity contribution in [2.24, 2.45) is 22.7 Å². The summed E-state index contributed by atoms with van der Waals surface area (Å²) in [7, 11) is 43.7. The summed E-state index contributed by atoms with van der Waals surface area (Å²) in [6.07, 6.45) is -3.45. The first kappa shape index (κ1) is 71.1. The molecule has 376 valence electrons. The maximum absolute atomic E-state index is 16.8. The molecule has 0 aromatic heterocycles. The predicted octanol–water partition coefficient (Wildman–Crippen LogP) is 18.3. The fourth-order valence-electron chi connectivity index (χ4n) is 8.47. The molecule has 0 amide bonds. The van der Waals surface area contributed by atoms with Gasteiger partial charge in [0.25, 0.3) is 10.1 Å². The summed E-state index contributed by atoms with van der Waals surface area (Å²) < 4.78 is 61.8. The Morgan fingerprint density at radius 3 is 1.67 bits per heavy atom. The van der Waals surface area contributed by atoms with Gasteiger partial charge >= 0.3 is 0 Å². The standard InChI is InChI=1S/C21H66O10P32S/c1-9-11(28-53(61(48)57(40)41)63(59(44)45)60(46)47)6-10-15(27-49-32)17-20(4,18(23)16(14(9)19(10,2)3)30-52(56(38)39)62(50-33)58(42)43)12(29-51(54(34)35)55(36)37)7-13(21(17,24)8-22)31-64(5,25)26/h10-13,15-17,22,24,49-50H,6-8,32-48H2,1-5H3/t10?,11-,12-,13-,15+,16+,17-,20+,21-,52?,53?,61?,62?/m0/s1. The first-order chi connectivity index (χ1) is 29.3. The van der Waals surface area contributed by atoms with Gasteiger partial charge in [0, 0.05) is 41.8 Å². The molecule has 0 radical (unpaired) electrons.